The van der Waals surface area contributed by atoms with Gasteiger partial charge in [0, 0.05) is 0 Å². The van der Waals surface area contributed by atoms with E-state index >= 15 is 0 Å². The third-order valence-electron chi connectivity index (χ3n) is 6.19. The molecule has 0 saturated carbocycles. The molecule has 0 spiro atoms. The van der Waals surface area contributed by atoms with Crippen molar-refractivity contribution in [1.82, 2.24) is 0 Å². The lowest BCUT2D eigenvalue weighted by molar-refractivity contribution is 0.481. The third kappa shape index (κ3) is 9.16. The van der Waals surface area contributed by atoms with Gasteiger partial charge in [0.05, 0.1) is 4.90 Å². The van der Waals surface area contributed by atoms with Gasteiger partial charge in [-0.1, -0.05) is 114 Å². The SMILES string of the molecule is CCCCCCCCCCCCc1cccc(S(=O)(=O)O)c1CC(C)c1ccccc1. The van der Waals surface area contributed by atoms with E-state index < -0.39 is 10.1 Å². The zero-order valence-electron chi connectivity index (χ0n) is 19.4. The van der Waals surface area contributed by atoms with Crippen LogP contribution in [0, 0.1) is 0 Å². The van der Waals surface area contributed by atoms with Crippen LogP contribution < -0.4 is 0 Å². The smallest absolute Gasteiger partial charge is 0.282 e. The molecule has 0 radical (unpaired) electrons. The monoisotopic (exact) mass is 444 g/mol. The van der Waals surface area contributed by atoms with Gasteiger partial charge in [0.25, 0.3) is 10.1 Å². The fourth-order valence-electron chi connectivity index (χ4n) is 4.33. The summed E-state index contributed by atoms with van der Waals surface area (Å²) in [6, 6.07) is 15.5. The largest absolute Gasteiger partial charge is 0.294 e. The zero-order chi connectivity index (χ0) is 22.5. The molecule has 31 heavy (non-hydrogen) atoms. The van der Waals surface area contributed by atoms with Crippen LogP contribution in [-0.2, 0) is 23.0 Å². The predicted molar refractivity (Wildman–Crippen MR) is 130 cm³/mol. The Bertz CT molecular complexity index is 859. The molecule has 0 aliphatic heterocycles. The summed E-state index contributed by atoms with van der Waals surface area (Å²) in [6.45, 7) is 4.36. The number of aryl methyl sites for hydroxylation is 1. The van der Waals surface area contributed by atoms with Crippen LogP contribution in [0.3, 0.4) is 0 Å². The Labute approximate surface area is 190 Å². The van der Waals surface area contributed by atoms with Gasteiger partial charge in [-0.15, -0.1) is 0 Å². The average Bonchev–Trinajstić information content (AvgIpc) is 2.75. The molecule has 0 aliphatic carbocycles. The molecule has 4 heteroatoms. The Balaban J connectivity index is 1.93. The number of hydrogen-bond donors (Lipinski definition) is 1. The minimum Gasteiger partial charge on any atom is -0.282 e. The first-order valence-electron chi connectivity index (χ1n) is 12.1. The van der Waals surface area contributed by atoms with E-state index in [0.29, 0.717) is 6.42 Å². The van der Waals surface area contributed by atoms with E-state index in [-0.39, 0.29) is 10.8 Å². The van der Waals surface area contributed by atoms with Crippen LogP contribution in [0.5, 0.6) is 0 Å². The van der Waals surface area contributed by atoms with Crippen molar-refractivity contribution in [1.29, 1.82) is 0 Å². The predicted octanol–water partition coefficient (Wildman–Crippen LogP) is 7.74. The van der Waals surface area contributed by atoms with Gasteiger partial charge < -0.3 is 0 Å². The summed E-state index contributed by atoms with van der Waals surface area (Å²) in [5, 5.41) is 0. The Morgan fingerprint density at radius 3 is 1.94 bits per heavy atom. The molecule has 1 atom stereocenters. The molecule has 2 aromatic carbocycles. The summed E-state index contributed by atoms with van der Waals surface area (Å²) in [7, 11) is -4.24. The van der Waals surface area contributed by atoms with Crippen LogP contribution in [0.15, 0.2) is 53.4 Å². The molecule has 0 aromatic heterocycles. The van der Waals surface area contributed by atoms with Crippen molar-refractivity contribution in [3.63, 3.8) is 0 Å². The number of hydrogen-bond acceptors (Lipinski definition) is 2. The minimum absolute atomic E-state index is 0.0693. The number of rotatable bonds is 15. The van der Waals surface area contributed by atoms with Gasteiger partial charge in [0.15, 0.2) is 0 Å². The maximum absolute atomic E-state index is 12.0. The third-order valence-corrected chi connectivity index (χ3v) is 7.12. The van der Waals surface area contributed by atoms with Crippen molar-refractivity contribution < 1.29 is 13.0 Å². The van der Waals surface area contributed by atoms with Crippen LogP contribution >= 0.6 is 0 Å². The highest BCUT2D eigenvalue weighted by Crippen LogP contribution is 2.28. The summed E-state index contributed by atoms with van der Waals surface area (Å²) >= 11 is 0. The molecule has 1 unspecified atom stereocenters. The van der Waals surface area contributed by atoms with Crippen molar-refractivity contribution in [2.45, 2.75) is 102 Å². The maximum Gasteiger partial charge on any atom is 0.294 e. The van der Waals surface area contributed by atoms with Gasteiger partial charge in [-0.25, -0.2) is 0 Å². The average molecular weight is 445 g/mol. The first-order valence-corrected chi connectivity index (χ1v) is 13.5. The maximum atomic E-state index is 12.0. The van der Waals surface area contributed by atoms with Crippen molar-refractivity contribution >= 4 is 10.1 Å². The van der Waals surface area contributed by atoms with Gasteiger partial charge in [0.1, 0.15) is 0 Å². The summed E-state index contributed by atoms with van der Waals surface area (Å²) in [4.78, 5) is 0.0693. The molecule has 0 saturated heterocycles. The van der Waals surface area contributed by atoms with Crippen LogP contribution in [0.25, 0.3) is 0 Å². The lowest BCUT2D eigenvalue weighted by Crippen LogP contribution is -2.10. The van der Waals surface area contributed by atoms with Crippen LogP contribution in [-0.4, -0.2) is 13.0 Å². The van der Waals surface area contributed by atoms with Crippen molar-refractivity contribution in [3.8, 4) is 0 Å². The Morgan fingerprint density at radius 1 is 0.774 bits per heavy atom. The Morgan fingerprint density at radius 2 is 1.35 bits per heavy atom. The van der Waals surface area contributed by atoms with Gasteiger partial charge in [-0.2, -0.15) is 8.42 Å². The molecule has 0 bridgehead atoms. The van der Waals surface area contributed by atoms with E-state index in [1.807, 2.05) is 24.3 Å². The van der Waals surface area contributed by atoms with Crippen molar-refractivity contribution in [2.24, 2.45) is 0 Å². The standard InChI is InChI=1S/C27H40O3S/c1-3-4-5-6-7-8-9-10-11-13-19-25-20-16-21-27(31(28,29)30)26(25)22-23(2)24-17-14-12-15-18-24/h12,14-18,20-21,23H,3-11,13,19,22H2,1-2H3,(H,28,29,30). The fraction of sp³-hybridized carbons (Fsp3) is 0.556. The topological polar surface area (TPSA) is 54.4 Å². The first kappa shape index (κ1) is 25.6. The molecular formula is C27H40O3S. The molecule has 2 rings (SSSR count). The van der Waals surface area contributed by atoms with Crippen molar-refractivity contribution in [2.75, 3.05) is 0 Å². The quantitative estimate of drug-likeness (QED) is 0.226. The molecule has 1 N–H and O–H groups in total. The first-order chi connectivity index (χ1) is 14.9. The summed E-state index contributed by atoms with van der Waals surface area (Å²) in [5.41, 5.74) is 3.01. The fourth-order valence-corrected chi connectivity index (χ4v) is 5.10. The molecule has 0 amide bonds. The van der Waals surface area contributed by atoms with Crippen LogP contribution in [0.4, 0.5) is 0 Å². The lowest BCUT2D eigenvalue weighted by Gasteiger charge is -2.18. The molecule has 2 aromatic rings. The molecule has 3 nitrogen and oxygen atoms in total. The molecule has 172 valence electrons. The minimum atomic E-state index is -4.24. The van der Waals surface area contributed by atoms with Gasteiger partial charge >= 0.3 is 0 Å². The second-order valence-corrected chi connectivity index (χ2v) is 10.2. The highest BCUT2D eigenvalue weighted by molar-refractivity contribution is 7.85. The van der Waals surface area contributed by atoms with E-state index in [4.69, 9.17) is 0 Å². The van der Waals surface area contributed by atoms with Gasteiger partial charge in [-0.3, -0.25) is 4.55 Å². The normalized spacial score (nSPS) is 12.7. The highest BCUT2D eigenvalue weighted by Gasteiger charge is 2.20. The zero-order valence-corrected chi connectivity index (χ0v) is 20.2. The van der Waals surface area contributed by atoms with Crippen LogP contribution in [0.1, 0.15) is 101 Å². The lowest BCUT2D eigenvalue weighted by atomic mass is 9.90. The van der Waals surface area contributed by atoms with E-state index in [1.165, 1.54) is 69.4 Å². The van der Waals surface area contributed by atoms with E-state index in [2.05, 4.69) is 26.0 Å². The summed E-state index contributed by atoms with van der Waals surface area (Å²) in [5.74, 6) is 0.176. The summed E-state index contributed by atoms with van der Waals surface area (Å²) < 4.78 is 33.8. The van der Waals surface area contributed by atoms with E-state index in [9.17, 15) is 13.0 Å². The molecule has 0 heterocycles. The van der Waals surface area contributed by atoms with Crippen LogP contribution in [0.2, 0.25) is 0 Å². The highest BCUT2D eigenvalue weighted by atomic mass is 32.2. The second kappa shape index (κ2) is 13.7. The molecule has 0 aliphatic rings. The Hall–Kier alpha value is -1.65. The second-order valence-electron chi connectivity index (χ2n) is 8.82. The summed E-state index contributed by atoms with van der Waals surface area (Å²) in [6.07, 6.45) is 14.2. The van der Waals surface area contributed by atoms with Crippen molar-refractivity contribution in [3.05, 3.63) is 65.2 Å². The van der Waals surface area contributed by atoms with E-state index in [1.54, 1.807) is 6.07 Å². The molecule has 0 fully saturated rings. The molecular weight excluding hydrogens is 404 g/mol. The van der Waals surface area contributed by atoms with Gasteiger partial charge in [0.2, 0.25) is 0 Å². The van der Waals surface area contributed by atoms with Gasteiger partial charge in [-0.05, 0) is 47.9 Å². The van der Waals surface area contributed by atoms with E-state index in [0.717, 1.165) is 24.0 Å². The number of unbranched alkanes of at least 4 members (excludes halogenated alkanes) is 9. The number of benzene rings is 2. The Kier molecular flexibility index (Phi) is 11.3.